The minimum absolute atomic E-state index is 0.116. The van der Waals surface area contributed by atoms with Crippen LogP contribution in [0.3, 0.4) is 0 Å². The molecule has 0 radical (unpaired) electrons. The molecule has 0 saturated heterocycles. The second-order valence-corrected chi connectivity index (χ2v) is 6.67. The van der Waals surface area contributed by atoms with Crippen molar-refractivity contribution >= 4 is 28.5 Å². The van der Waals surface area contributed by atoms with E-state index in [1.807, 2.05) is 30.3 Å². The van der Waals surface area contributed by atoms with Gasteiger partial charge in [-0.1, -0.05) is 35.9 Å². The molecule has 0 saturated carbocycles. The Morgan fingerprint density at radius 1 is 1.20 bits per heavy atom. The largest absolute Gasteiger partial charge is 0.354 e. The summed E-state index contributed by atoms with van der Waals surface area (Å²) in [5, 5.41) is 4.70. The van der Waals surface area contributed by atoms with E-state index in [2.05, 4.69) is 26.3 Å². The maximum Gasteiger partial charge on any atom is 0.260 e. The Bertz CT molecular complexity index is 969. The summed E-state index contributed by atoms with van der Waals surface area (Å²) in [6.45, 7) is 3.49. The van der Waals surface area contributed by atoms with Crippen molar-refractivity contribution < 1.29 is 0 Å². The number of nitrogens with zero attached hydrogens (tertiary/aromatic N) is 2. The van der Waals surface area contributed by atoms with Crippen LogP contribution < -0.4 is 10.9 Å². The minimum Gasteiger partial charge on any atom is -0.354 e. The molecule has 2 heterocycles. The van der Waals surface area contributed by atoms with Crippen molar-refractivity contribution in [3.8, 4) is 0 Å². The molecule has 1 aliphatic rings. The molecule has 25 heavy (non-hydrogen) atoms. The van der Waals surface area contributed by atoms with Gasteiger partial charge in [0.2, 0.25) is 5.95 Å². The Balaban J connectivity index is 1.39. The van der Waals surface area contributed by atoms with Crippen LogP contribution in [0, 0.1) is 0 Å². The van der Waals surface area contributed by atoms with E-state index in [0.29, 0.717) is 16.9 Å². The van der Waals surface area contributed by atoms with Crippen LogP contribution in [0.4, 0.5) is 5.95 Å². The molecule has 0 fully saturated rings. The second kappa shape index (κ2) is 6.86. The van der Waals surface area contributed by atoms with Crippen molar-refractivity contribution in [2.24, 2.45) is 0 Å². The van der Waals surface area contributed by atoms with Crippen molar-refractivity contribution in [1.82, 2.24) is 14.9 Å². The third kappa shape index (κ3) is 3.38. The molecule has 1 aliphatic heterocycles. The van der Waals surface area contributed by atoms with Gasteiger partial charge in [0.15, 0.2) is 0 Å². The van der Waals surface area contributed by atoms with E-state index in [4.69, 9.17) is 11.6 Å². The van der Waals surface area contributed by atoms with Gasteiger partial charge in [-0.15, -0.1) is 0 Å². The number of hydrogen-bond acceptors (Lipinski definition) is 4. The highest BCUT2D eigenvalue weighted by Crippen LogP contribution is 2.25. The molecule has 0 unspecified atom stereocenters. The van der Waals surface area contributed by atoms with Crippen LogP contribution in [0.15, 0.2) is 47.3 Å². The smallest absolute Gasteiger partial charge is 0.260 e. The van der Waals surface area contributed by atoms with Crippen molar-refractivity contribution in [3.05, 3.63) is 69.0 Å². The van der Waals surface area contributed by atoms with Gasteiger partial charge in [0.25, 0.3) is 5.56 Å². The molecular formula is C19H19ClN4O. The lowest BCUT2D eigenvalue weighted by Gasteiger charge is -2.29. The number of halogens is 1. The fourth-order valence-electron chi connectivity index (χ4n) is 3.31. The number of aromatic amines is 1. The van der Waals surface area contributed by atoms with Gasteiger partial charge < -0.3 is 5.32 Å². The lowest BCUT2D eigenvalue weighted by molar-refractivity contribution is 0.264. The van der Waals surface area contributed by atoms with Crippen molar-refractivity contribution in [3.63, 3.8) is 0 Å². The van der Waals surface area contributed by atoms with E-state index in [1.165, 1.54) is 11.1 Å². The number of rotatable bonds is 4. The fraction of sp³-hybridized carbons (Fsp3) is 0.263. The number of para-hydroxylation sites is 1. The van der Waals surface area contributed by atoms with Crippen LogP contribution in [-0.2, 0) is 13.0 Å². The normalized spacial score (nSPS) is 14.4. The van der Waals surface area contributed by atoms with Gasteiger partial charge in [0, 0.05) is 31.2 Å². The Kier molecular flexibility index (Phi) is 4.42. The molecule has 128 valence electrons. The third-order valence-electron chi connectivity index (χ3n) is 4.62. The summed E-state index contributed by atoms with van der Waals surface area (Å²) >= 11 is 6.26. The first-order chi connectivity index (χ1) is 12.2. The quantitative estimate of drug-likeness (QED) is 0.756. The number of H-pyrrole nitrogens is 1. The second-order valence-electron chi connectivity index (χ2n) is 6.26. The number of aromatic nitrogens is 2. The van der Waals surface area contributed by atoms with Crippen LogP contribution in [0.2, 0.25) is 5.02 Å². The van der Waals surface area contributed by atoms with E-state index in [-0.39, 0.29) is 5.56 Å². The van der Waals surface area contributed by atoms with E-state index in [9.17, 15) is 4.79 Å². The minimum atomic E-state index is -0.116. The highest BCUT2D eigenvalue weighted by molar-refractivity contribution is 6.31. The predicted molar refractivity (Wildman–Crippen MR) is 101 cm³/mol. The van der Waals surface area contributed by atoms with Crippen LogP contribution in [-0.4, -0.2) is 34.5 Å². The van der Waals surface area contributed by atoms with Crippen molar-refractivity contribution in [1.29, 1.82) is 0 Å². The maximum absolute atomic E-state index is 12.1. The summed E-state index contributed by atoms with van der Waals surface area (Å²) in [5.74, 6) is 0.518. The van der Waals surface area contributed by atoms with E-state index in [1.54, 1.807) is 6.07 Å². The summed E-state index contributed by atoms with van der Waals surface area (Å²) in [4.78, 5) is 21.7. The van der Waals surface area contributed by atoms with E-state index >= 15 is 0 Å². The van der Waals surface area contributed by atoms with Gasteiger partial charge in [-0.05, 0) is 35.7 Å². The molecule has 0 amide bonds. The standard InChI is InChI=1S/C19H19ClN4O/c20-16-6-3-4-13-12-24(10-8-14(13)16)11-9-21-19-22-17-7-2-1-5-15(17)18(25)23-19/h1-7H,8-12H2,(H2,21,22,23,25). The predicted octanol–water partition coefficient (Wildman–Crippen LogP) is 3.05. The Morgan fingerprint density at radius 3 is 3.00 bits per heavy atom. The molecule has 3 aromatic rings. The van der Waals surface area contributed by atoms with Crippen molar-refractivity contribution in [2.75, 3.05) is 25.0 Å². The number of anilines is 1. The molecule has 5 nitrogen and oxygen atoms in total. The lowest BCUT2D eigenvalue weighted by atomic mass is 10.00. The van der Waals surface area contributed by atoms with Gasteiger partial charge in [-0.3, -0.25) is 14.7 Å². The van der Waals surface area contributed by atoms with Crippen LogP contribution in [0.25, 0.3) is 10.9 Å². The molecule has 6 heteroatoms. The third-order valence-corrected chi connectivity index (χ3v) is 4.98. The van der Waals surface area contributed by atoms with Gasteiger partial charge in [-0.2, -0.15) is 0 Å². The average Bonchev–Trinajstić information content (AvgIpc) is 2.62. The molecule has 4 rings (SSSR count). The summed E-state index contributed by atoms with van der Waals surface area (Å²) in [6.07, 6.45) is 0.972. The summed E-state index contributed by atoms with van der Waals surface area (Å²) < 4.78 is 0. The first-order valence-electron chi connectivity index (χ1n) is 8.42. The molecule has 0 spiro atoms. The number of benzene rings is 2. The highest BCUT2D eigenvalue weighted by Gasteiger charge is 2.17. The van der Waals surface area contributed by atoms with Gasteiger partial charge in [0.1, 0.15) is 0 Å². The Hall–Kier alpha value is -2.37. The van der Waals surface area contributed by atoms with E-state index < -0.39 is 0 Å². The molecule has 2 N–H and O–H groups in total. The molecule has 0 bridgehead atoms. The Morgan fingerprint density at radius 2 is 2.08 bits per heavy atom. The Labute approximate surface area is 150 Å². The van der Waals surface area contributed by atoms with Crippen LogP contribution >= 0.6 is 11.6 Å². The van der Waals surface area contributed by atoms with Crippen LogP contribution in [0.5, 0.6) is 0 Å². The molecule has 2 aromatic carbocycles. The molecular weight excluding hydrogens is 336 g/mol. The SMILES string of the molecule is O=c1[nH]c(NCCN2CCc3c(Cl)cccc3C2)nc2ccccc12. The molecule has 0 atom stereocenters. The summed E-state index contributed by atoms with van der Waals surface area (Å²) in [6, 6.07) is 13.5. The fourth-order valence-corrected chi connectivity index (χ4v) is 3.60. The number of hydrogen-bond donors (Lipinski definition) is 2. The molecule has 0 aliphatic carbocycles. The first-order valence-corrected chi connectivity index (χ1v) is 8.80. The average molecular weight is 355 g/mol. The summed E-state index contributed by atoms with van der Waals surface area (Å²) in [7, 11) is 0. The maximum atomic E-state index is 12.1. The van der Waals surface area contributed by atoms with E-state index in [0.717, 1.165) is 37.6 Å². The van der Waals surface area contributed by atoms with Gasteiger partial charge in [-0.25, -0.2) is 4.98 Å². The zero-order chi connectivity index (χ0) is 17.2. The first kappa shape index (κ1) is 16.1. The summed E-state index contributed by atoms with van der Waals surface area (Å²) in [5.41, 5.74) is 3.16. The van der Waals surface area contributed by atoms with Gasteiger partial charge in [0.05, 0.1) is 10.9 Å². The number of nitrogens with one attached hydrogen (secondary N) is 2. The zero-order valence-electron chi connectivity index (χ0n) is 13.8. The van der Waals surface area contributed by atoms with Crippen molar-refractivity contribution in [2.45, 2.75) is 13.0 Å². The lowest BCUT2D eigenvalue weighted by Crippen LogP contribution is -2.34. The zero-order valence-corrected chi connectivity index (χ0v) is 14.5. The van der Waals surface area contributed by atoms with Crippen LogP contribution in [0.1, 0.15) is 11.1 Å². The monoisotopic (exact) mass is 354 g/mol. The highest BCUT2D eigenvalue weighted by atomic mass is 35.5. The topological polar surface area (TPSA) is 61.0 Å². The van der Waals surface area contributed by atoms with Gasteiger partial charge >= 0.3 is 0 Å². The molecule has 1 aromatic heterocycles. The number of fused-ring (bicyclic) bond motifs is 2.